The molecular formula is C16H20N4OS2. The van der Waals surface area contributed by atoms with Gasteiger partial charge in [-0.25, -0.2) is 0 Å². The smallest absolute Gasteiger partial charge is 0.230 e. The molecule has 0 bridgehead atoms. The van der Waals surface area contributed by atoms with E-state index in [0.29, 0.717) is 11.7 Å². The molecule has 1 aliphatic carbocycles. The third-order valence-electron chi connectivity index (χ3n) is 3.75. The number of carbonyl (C=O) groups is 1. The number of nitrogens with zero attached hydrogens (tertiary/aromatic N) is 2. The number of nitrogens with one attached hydrogen (secondary N) is 2. The van der Waals surface area contributed by atoms with Gasteiger partial charge in [0, 0.05) is 11.7 Å². The van der Waals surface area contributed by atoms with Gasteiger partial charge in [-0.1, -0.05) is 40.8 Å². The molecule has 1 aromatic heterocycles. The van der Waals surface area contributed by atoms with Crippen LogP contribution in [0, 0.1) is 12.8 Å². The van der Waals surface area contributed by atoms with Gasteiger partial charge >= 0.3 is 0 Å². The highest BCUT2D eigenvalue weighted by atomic mass is 32.2. The highest BCUT2D eigenvalue weighted by Crippen LogP contribution is 2.32. The third kappa shape index (κ3) is 4.94. The van der Waals surface area contributed by atoms with Gasteiger partial charge in [0.1, 0.15) is 0 Å². The summed E-state index contributed by atoms with van der Waals surface area (Å²) in [6.45, 7) is 4.13. The quantitative estimate of drug-likeness (QED) is 0.749. The first-order chi connectivity index (χ1) is 11.1. The largest absolute Gasteiger partial charge is 0.353 e. The minimum absolute atomic E-state index is 0.0673. The minimum atomic E-state index is 0.0673. The van der Waals surface area contributed by atoms with Gasteiger partial charge in [0.2, 0.25) is 11.0 Å². The lowest BCUT2D eigenvalue weighted by Crippen LogP contribution is -2.35. The van der Waals surface area contributed by atoms with Crippen LogP contribution in [0.3, 0.4) is 0 Å². The zero-order valence-electron chi connectivity index (χ0n) is 13.2. The number of aromatic nitrogens is 2. The number of amides is 1. The SMILES string of the molecule is Cc1ccc(Nc2nnc(SCC(=O)N[C@H](C)C3CC3)s2)cc1. The fourth-order valence-corrected chi connectivity index (χ4v) is 3.80. The second-order valence-corrected chi connectivity index (χ2v) is 8.05. The molecule has 1 fully saturated rings. The summed E-state index contributed by atoms with van der Waals surface area (Å²) in [6, 6.07) is 8.40. The van der Waals surface area contributed by atoms with Crippen LogP contribution in [0.4, 0.5) is 10.8 Å². The molecule has 0 aliphatic heterocycles. The van der Waals surface area contributed by atoms with E-state index in [2.05, 4.69) is 34.7 Å². The van der Waals surface area contributed by atoms with Crippen LogP contribution in [-0.2, 0) is 4.79 Å². The molecule has 2 aromatic rings. The lowest BCUT2D eigenvalue weighted by Gasteiger charge is -2.11. The van der Waals surface area contributed by atoms with Crippen molar-refractivity contribution in [3.63, 3.8) is 0 Å². The Bertz CT molecular complexity index is 667. The van der Waals surface area contributed by atoms with Crippen LogP contribution in [0.5, 0.6) is 0 Å². The molecule has 0 spiro atoms. The summed E-state index contributed by atoms with van der Waals surface area (Å²) in [6.07, 6.45) is 2.47. The first-order valence-corrected chi connectivity index (χ1v) is 9.50. The predicted molar refractivity (Wildman–Crippen MR) is 95.4 cm³/mol. The average molecular weight is 348 g/mol. The number of hydrogen-bond donors (Lipinski definition) is 2. The summed E-state index contributed by atoms with van der Waals surface area (Å²) < 4.78 is 0.800. The molecule has 1 saturated carbocycles. The molecular weight excluding hydrogens is 328 g/mol. The van der Waals surface area contributed by atoms with E-state index in [4.69, 9.17) is 0 Å². The molecule has 1 atom stereocenters. The Hall–Kier alpha value is -1.60. The predicted octanol–water partition coefficient (Wildman–Crippen LogP) is 3.60. The van der Waals surface area contributed by atoms with Gasteiger partial charge < -0.3 is 10.6 Å². The van der Waals surface area contributed by atoms with Crippen LogP contribution in [0.15, 0.2) is 28.6 Å². The monoisotopic (exact) mass is 348 g/mol. The van der Waals surface area contributed by atoms with Gasteiger partial charge in [0.15, 0.2) is 4.34 Å². The summed E-state index contributed by atoms with van der Waals surface area (Å²) in [5.41, 5.74) is 2.20. The molecule has 122 valence electrons. The van der Waals surface area contributed by atoms with Crippen molar-refractivity contribution in [2.75, 3.05) is 11.1 Å². The van der Waals surface area contributed by atoms with Gasteiger partial charge in [-0.2, -0.15) is 0 Å². The molecule has 0 saturated heterocycles. The van der Waals surface area contributed by atoms with Gasteiger partial charge in [-0.15, -0.1) is 10.2 Å². The molecule has 0 radical (unpaired) electrons. The number of benzene rings is 1. The van der Waals surface area contributed by atoms with Crippen LogP contribution >= 0.6 is 23.1 Å². The van der Waals surface area contributed by atoms with Crippen LogP contribution in [-0.4, -0.2) is 27.9 Å². The van der Waals surface area contributed by atoms with Crippen LogP contribution in [0.1, 0.15) is 25.3 Å². The van der Waals surface area contributed by atoms with Crippen molar-refractivity contribution in [2.24, 2.45) is 5.92 Å². The van der Waals surface area contributed by atoms with Gasteiger partial charge in [0.25, 0.3) is 0 Å². The Labute approximate surface area is 144 Å². The molecule has 2 N–H and O–H groups in total. The number of rotatable bonds is 7. The first-order valence-electron chi connectivity index (χ1n) is 7.69. The Morgan fingerprint density at radius 2 is 2.09 bits per heavy atom. The third-order valence-corrected chi connectivity index (χ3v) is 5.73. The highest BCUT2D eigenvalue weighted by Gasteiger charge is 2.28. The van der Waals surface area contributed by atoms with Crippen molar-refractivity contribution in [3.05, 3.63) is 29.8 Å². The molecule has 3 rings (SSSR count). The van der Waals surface area contributed by atoms with Crippen molar-refractivity contribution >= 4 is 39.8 Å². The molecule has 1 aromatic carbocycles. The summed E-state index contributed by atoms with van der Waals surface area (Å²) in [4.78, 5) is 11.9. The normalized spacial score (nSPS) is 15.2. The number of anilines is 2. The molecule has 0 unspecified atom stereocenters. The van der Waals surface area contributed by atoms with Gasteiger partial charge in [-0.05, 0) is 44.7 Å². The van der Waals surface area contributed by atoms with E-state index in [0.717, 1.165) is 15.2 Å². The summed E-state index contributed by atoms with van der Waals surface area (Å²) >= 11 is 2.89. The number of hydrogen-bond acceptors (Lipinski definition) is 6. The van der Waals surface area contributed by atoms with E-state index >= 15 is 0 Å². The molecule has 5 nitrogen and oxygen atoms in total. The Balaban J connectivity index is 1.47. The van der Waals surface area contributed by atoms with Crippen molar-refractivity contribution in [1.29, 1.82) is 0 Å². The van der Waals surface area contributed by atoms with Crippen LogP contribution in [0.2, 0.25) is 0 Å². The highest BCUT2D eigenvalue weighted by molar-refractivity contribution is 8.01. The van der Waals surface area contributed by atoms with E-state index < -0.39 is 0 Å². The first kappa shape index (κ1) is 16.3. The van der Waals surface area contributed by atoms with E-state index in [1.807, 2.05) is 24.3 Å². The van der Waals surface area contributed by atoms with Gasteiger partial charge in [0.05, 0.1) is 5.75 Å². The molecule has 7 heteroatoms. The minimum Gasteiger partial charge on any atom is -0.353 e. The fourth-order valence-electron chi connectivity index (χ4n) is 2.22. The van der Waals surface area contributed by atoms with Crippen LogP contribution < -0.4 is 10.6 Å². The average Bonchev–Trinajstić information content (AvgIpc) is 3.29. The lowest BCUT2D eigenvalue weighted by atomic mass is 10.2. The van der Waals surface area contributed by atoms with Crippen molar-refractivity contribution in [2.45, 2.75) is 37.1 Å². The maximum absolute atomic E-state index is 11.9. The zero-order chi connectivity index (χ0) is 16.2. The molecule has 1 heterocycles. The Morgan fingerprint density at radius 3 is 2.78 bits per heavy atom. The number of carbonyl (C=O) groups excluding carboxylic acids is 1. The van der Waals surface area contributed by atoms with E-state index in [1.54, 1.807) is 0 Å². The summed E-state index contributed by atoms with van der Waals surface area (Å²) in [5.74, 6) is 1.13. The second-order valence-electron chi connectivity index (χ2n) is 5.85. The Kier molecular flexibility index (Phi) is 5.17. The zero-order valence-corrected chi connectivity index (χ0v) is 14.8. The number of thioether (sulfide) groups is 1. The lowest BCUT2D eigenvalue weighted by molar-refractivity contribution is -0.119. The van der Waals surface area contributed by atoms with Gasteiger partial charge in [-0.3, -0.25) is 4.79 Å². The molecule has 1 aliphatic rings. The second kappa shape index (κ2) is 7.31. The van der Waals surface area contributed by atoms with Crippen molar-refractivity contribution < 1.29 is 4.79 Å². The summed E-state index contributed by atoms with van der Waals surface area (Å²) in [7, 11) is 0. The standard InChI is InChI=1S/C16H20N4OS2/c1-10-3-7-13(8-4-10)18-15-19-20-16(23-15)22-9-14(21)17-11(2)12-5-6-12/h3-4,7-8,11-12H,5-6,9H2,1-2H3,(H,17,21)(H,18,19)/t11-/m1/s1. The van der Waals surface area contributed by atoms with E-state index in [1.165, 1.54) is 41.5 Å². The number of aryl methyl sites for hydroxylation is 1. The Morgan fingerprint density at radius 1 is 1.35 bits per heavy atom. The molecule has 23 heavy (non-hydrogen) atoms. The fraction of sp³-hybridized carbons (Fsp3) is 0.438. The van der Waals surface area contributed by atoms with E-state index in [9.17, 15) is 4.79 Å². The summed E-state index contributed by atoms with van der Waals surface area (Å²) in [5, 5.41) is 15.2. The van der Waals surface area contributed by atoms with Crippen molar-refractivity contribution in [3.8, 4) is 0 Å². The maximum Gasteiger partial charge on any atom is 0.230 e. The van der Waals surface area contributed by atoms with E-state index in [-0.39, 0.29) is 11.9 Å². The van der Waals surface area contributed by atoms with Crippen LogP contribution in [0.25, 0.3) is 0 Å². The topological polar surface area (TPSA) is 66.9 Å². The maximum atomic E-state index is 11.9. The molecule has 1 amide bonds. The van der Waals surface area contributed by atoms with Crippen molar-refractivity contribution in [1.82, 2.24) is 15.5 Å².